The van der Waals surface area contributed by atoms with Crippen molar-refractivity contribution in [3.8, 4) is 6.07 Å². The van der Waals surface area contributed by atoms with E-state index < -0.39 is 5.82 Å². The van der Waals surface area contributed by atoms with Crippen LogP contribution in [0.2, 0.25) is 5.02 Å². The van der Waals surface area contributed by atoms with Gasteiger partial charge in [-0.2, -0.15) is 5.26 Å². The van der Waals surface area contributed by atoms with Crippen LogP contribution in [-0.2, 0) is 0 Å². The van der Waals surface area contributed by atoms with E-state index in [9.17, 15) is 14.4 Å². The molecular formula is C27H32ClFN4O. The molecule has 1 heterocycles. The van der Waals surface area contributed by atoms with E-state index in [4.69, 9.17) is 11.6 Å². The number of urea groups is 1. The molecule has 1 aromatic carbocycles. The number of rotatable bonds is 6. The molecule has 0 aromatic heterocycles. The molecule has 4 aliphatic rings. The molecule has 7 heteroatoms. The van der Waals surface area contributed by atoms with Crippen LogP contribution in [0.5, 0.6) is 0 Å². The van der Waals surface area contributed by atoms with E-state index in [1.165, 1.54) is 37.0 Å². The Balaban J connectivity index is 1.31. The Bertz CT molecular complexity index is 1040. The van der Waals surface area contributed by atoms with Gasteiger partial charge >= 0.3 is 6.03 Å². The highest BCUT2D eigenvalue weighted by atomic mass is 35.5. The van der Waals surface area contributed by atoms with Gasteiger partial charge < -0.3 is 15.1 Å². The number of likely N-dealkylation sites (tertiary alicyclic amines) is 1. The summed E-state index contributed by atoms with van der Waals surface area (Å²) < 4.78 is 13.6. The van der Waals surface area contributed by atoms with Crippen molar-refractivity contribution in [1.29, 1.82) is 5.26 Å². The Morgan fingerprint density at radius 3 is 2.88 bits per heavy atom. The van der Waals surface area contributed by atoms with E-state index in [1.807, 2.05) is 17.1 Å². The number of benzene rings is 1. The summed E-state index contributed by atoms with van der Waals surface area (Å²) in [5.74, 6) is -0.101. The van der Waals surface area contributed by atoms with Crippen molar-refractivity contribution in [2.45, 2.75) is 51.0 Å². The first kappa shape index (κ1) is 23.4. The number of nitrogens with zero attached hydrogens (tertiary/aromatic N) is 3. The molecule has 180 valence electrons. The zero-order valence-corrected chi connectivity index (χ0v) is 20.2. The van der Waals surface area contributed by atoms with Gasteiger partial charge in [-0.1, -0.05) is 41.8 Å². The molecule has 3 fully saturated rings. The molecule has 1 N–H and O–H groups in total. The van der Waals surface area contributed by atoms with E-state index in [1.54, 1.807) is 6.07 Å². The number of anilines is 1. The van der Waals surface area contributed by atoms with Crippen LogP contribution in [0.4, 0.5) is 14.9 Å². The Morgan fingerprint density at radius 2 is 2.15 bits per heavy atom. The maximum absolute atomic E-state index is 13.6. The molecule has 1 aliphatic heterocycles. The van der Waals surface area contributed by atoms with Gasteiger partial charge in [0.2, 0.25) is 0 Å². The smallest absolute Gasteiger partial charge is 0.320 e. The summed E-state index contributed by atoms with van der Waals surface area (Å²) in [4.78, 5) is 18.0. The maximum Gasteiger partial charge on any atom is 0.322 e. The highest BCUT2D eigenvalue weighted by Crippen LogP contribution is 2.69. The number of fused-ring (bicyclic) bond motifs is 1. The van der Waals surface area contributed by atoms with Gasteiger partial charge in [0.15, 0.2) is 0 Å². The van der Waals surface area contributed by atoms with Crippen molar-refractivity contribution in [2.75, 3.05) is 31.5 Å². The second-order valence-electron chi connectivity index (χ2n) is 10.2. The van der Waals surface area contributed by atoms with Crippen molar-refractivity contribution in [3.63, 3.8) is 0 Å². The molecule has 5 rings (SSSR count). The fourth-order valence-electron chi connectivity index (χ4n) is 6.39. The van der Waals surface area contributed by atoms with Crippen molar-refractivity contribution in [2.24, 2.45) is 17.3 Å². The molecule has 2 amide bonds. The molecule has 2 saturated carbocycles. The molecule has 3 aliphatic carbocycles. The van der Waals surface area contributed by atoms with E-state index in [0.717, 1.165) is 45.3 Å². The third-order valence-electron chi connectivity index (χ3n) is 8.31. The highest BCUT2D eigenvalue weighted by Gasteiger charge is 2.64. The van der Waals surface area contributed by atoms with Gasteiger partial charge in [0, 0.05) is 24.8 Å². The number of nitrogens with one attached hydrogen (secondary N) is 1. The third kappa shape index (κ3) is 4.61. The standard InChI is InChI=1S/C27H32ClFN4O/c28-23-16-21(7-8-24(23)29)31-26(34)33(14-13-32-11-2-1-3-12-32)25-9-10-27(17-22(25)27)20-6-4-5-19(15-20)18-30/h4-8,16,19,22,25H,1-3,9-15,17H2,(H,31,34)/t19?,22-,25-,27-/m1/s1. The Hall–Kier alpha value is -2.36. The Kier molecular flexibility index (Phi) is 6.68. The second-order valence-corrected chi connectivity index (χ2v) is 10.7. The van der Waals surface area contributed by atoms with Gasteiger partial charge in [0.25, 0.3) is 0 Å². The molecular weight excluding hydrogens is 451 g/mol. The molecule has 0 radical (unpaired) electrons. The van der Waals surface area contributed by atoms with E-state index in [0.29, 0.717) is 18.2 Å². The predicted molar refractivity (Wildman–Crippen MR) is 132 cm³/mol. The normalized spacial score (nSPS) is 30.3. The number of halogens is 2. The topological polar surface area (TPSA) is 59.4 Å². The van der Waals surface area contributed by atoms with Gasteiger partial charge in [-0.3, -0.25) is 0 Å². The van der Waals surface area contributed by atoms with Crippen molar-refractivity contribution >= 4 is 23.3 Å². The summed E-state index contributed by atoms with van der Waals surface area (Å²) in [5.41, 5.74) is 2.04. The van der Waals surface area contributed by atoms with Gasteiger partial charge in [0.05, 0.1) is 17.0 Å². The molecule has 0 spiro atoms. The van der Waals surface area contributed by atoms with Crippen LogP contribution < -0.4 is 5.32 Å². The number of piperidine rings is 1. The lowest BCUT2D eigenvalue weighted by Gasteiger charge is -2.34. The lowest BCUT2D eigenvalue weighted by atomic mass is 9.83. The average Bonchev–Trinajstić information content (AvgIpc) is 3.49. The third-order valence-corrected chi connectivity index (χ3v) is 8.60. The van der Waals surface area contributed by atoms with Gasteiger partial charge in [-0.15, -0.1) is 0 Å². The lowest BCUT2D eigenvalue weighted by molar-refractivity contribution is 0.153. The molecule has 1 aromatic rings. The first-order valence-corrected chi connectivity index (χ1v) is 12.9. The summed E-state index contributed by atoms with van der Waals surface area (Å²) >= 11 is 5.94. The number of nitriles is 1. The zero-order valence-electron chi connectivity index (χ0n) is 19.5. The van der Waals surface area contributed by atoms with E-state index in [2.05, 4.69) is 22.4 Å². The summed E-state index contributed by atoms with van der Waals surface area (Å²) in [6.45, 7) is 3.74. The number of amides is 2. The molecule has 34 heavy (non-hydrogen) atoms. The number of carbonyl (C=O) groups is 1. The SMILES string of the molecule is N#CC1C=CC=C([C@]23CC[C@@H](N(CCN4CCCCC4)C(=O)Nc4ccc(F)c(Cl)c4)[C@H]2C3)C1. The number of hydrogen-bond donors (Lipinski definition) is 1. The van der Waals surface area contributed by atoms with Gasteiger partial charge in [-0.05, 0) is 81.1 Å². The summed E-state index contributed by atoms with van der Waals surface area (Å²) in [6.07, 6.45) is 13.9. The fraction of sp³-hybridized carbons (Fsp3) is 0.556. The highest BCUT2D eigenvalue weighted by molar-refractivity contribution is 6.31. The van der Waals surface area contributed by atoms with Crippen molar-refractivity contribution in [1.82, 2.24) is 9.80 Å². The van der Waals surface area contributed by atoms with E-state index >= 15 is 0 Å². The summed E-state index contributed by atoms with van der Waals surface area (Å²) in [7, 11) is 0. The second kappa shape index (κ2) is 9.71. The van der Waals surface area contributed by atoms with Crippen LogP contribution in [-0.4, -0.2) is 48.1 Å². The van der Waals surface area contributed by atoms with Crippen LogP contribution >= 0.6 is 11.6 Å². The quantitative estimate of drug-likeness (QED) is 0.541. The Morgan fingerprint density at radius 1 is 1.32 bits per heavy atom. The zero-order chi connectivity index (χ0) is 23.7. The largest absolute Gasteiger partial charge is 0.322 e. The van der Waals surface area contributed by atoms with Crippen molar-refractivity contribution in [3.05, 3.63) is 52.8 Å². The van der Waals surface area contributed by atoms with Crippen LogP contribution in [0.1, 0.15) is 44.9 Å². The first-order chi connectivity index (χ1) is 16.5. The number of carbonyl (C=O) groups excluding carboxylic acids is 1. The maximum atomic E-state index is 13.6. The lowest BCUT2D eigenvalue weighted by Crippen LogP contribution is -2.47. The molecule has 0 bridgehead atoms. The molecule has 1 saturated heterocycles. The fourth-order valence-corrected chi connectivity index (χ4v) is 6.57. The van der Waals surface area contributed by atoms with Crippen LogP contribution in [0.25, 0.3) is 0 Å². The van der Waals surface area contributed by atoms with Crippen LogP contribution in [0.3, 0.4) is 0 Å². The summed E-state index contributed by atoms with van der Waals surface area (Å²) in [6, 6.07) is 6.73. The Labute approximate surface area is 206 Å². The summed E-state index contributed by atoms with van der Waals surface area (Å²) in [5, 5.41) is 12.4. The van der Waals surface area contributed by atoms with E-state index in [-0.39, 0.29) is 28.4 Å². The number of allylic oxidation sites excluding steroid dienone is 4. The average molecular weight is 483 g/mol. The minimum absolute atomic E-state index is 0.00378. The van der Waals surface area contributed by atoms with Crippen LogP contribution in [0, 0.1) is 34.4 Å². The molecule has 5 nitrogen and oxygen atoms in total. The van der Waals surface area contributed by atoms with Crippen molar-refractivity contribution < 1.29 is 9.18 Å². The molecule has 1 unspecified atom stereocenters. The number of hydrogen-bond acceptors (Lipinski definition) is 3. The minimum Gasteiger partial charge on any atom is -0.320 e. The van der Waals surface area contributed by atoms with Crippen LogP contribution in [0.15, 0.2) is 42.0 Å². The van der Waals surface area contributed by atoms with Gasteiger partial charge in [-0.25, -0.2) is 9.18 Å². The molecule has 4 atom stereocenters. The minimum atomic E-state index is -0.495. The predicted octanol–water partition coefficient (Wildman–Crippen LogP) is 5.99. The first-order valence-electron chi connectivity index (χ1n) is 12.5. The monoisotopic (exact) mass is 482 g/mol. The van der Waals surface area contributed by atoms with Gasteiger partial charge in [0.1, 0.15) is 5.82 Å².